The molecule has 1 aliphatic heterocycles. The molecule has 4 heteroatoms. The zero-order chi connectivity index (χ0) is 12.4. The normalized spacial score (nSPS) is 22.7. The van der Waals surface area contributed by atoms with Crippen LogP contribution >= 0.6 is 0 Å². The van der Waals surface area contributed by atoms with E-state index in [2.05, 4.69) is 6.92 Å². The molecule has 0 saturated heterocycles. The Labute approximate surface area is 102 Å². The zero-order valence-corrected chi connectivity index (χ0v) is 10.5. The van der Waals surface area contributed by atoms with Gasteiger partial charge >= 0.3 is 5.97 Å². The maximum atomic E-state index is 11.9. The van der Waals surface area contributed by atoms with E-state index in [1.165, 1.54) is 19.6 Å². The van der Waals surface area contributed by atoms with Crippen LogP contribution in [0, 0.1) is 5.41 Å². The Morgan fingerprint density at radius 3 is 2.41 bits per heavy atom. The molecule has 4 nitrogen and oxygen atoms in total. The van der Waals surface area contributed by atoms with Crippen molar-refractivity contribution < 1.29 is 19.0 Å². The van der Waals surface area contributed by atoms with Crippen molar-refractivity contribution in [2.45, 2.75) is 51.2 Å². The number of hydrogen-bond acceptors (Lipinski definition) is 4. The fourth-order valence-corrected chi connectivity index (χ4v) is 2.55. The fourth-order valence-electron chi connectivity index (χ4n) is 2.55. The molecule has 1 aliphatic carbocycles. The molecule has 0 aromatic heterocycles. The number of ether oxygens (including phenoxy) is 3. The molecule has 2 aliphatic rings. The quantitative estimate of drug-likeness (QED) is 0.529. The summed E-state index contributed by atoms with van der Waals surface area (Å²) in [6.45, 7) is 2.15. The average Bonchev–Trinajstić information content (AvgIpc) is 3.04. The summed E-state index contributed by atoms with van der Waals surface area (Å²) >= 11 is 0. The maximum absolute atomic E-state index is 11.9. The molecule has 1 saturated carbocycles. The van der Waals surface area contributed by atoms with E-state index in [0.717, 1.165) is 38.5 Å². The van der Waals surface area contributed by atoms with Crippen LogP contribution in [0.4, 0.5) is 0 Å². The number of unbranched alkanes of at least 4 members (excludes halogenated alkanes) is 2. The van der Waals surface area contributed by atoms with E-state index in [0.29, 0.717) is 0 Å². The minimum absolute atomic E-state index is 0.210. The van der Waals surface area contributed by atoms with Crippen molar-refractivity contribution in [3.05, 3.63) is 12.5 Å². The summed E-state index contributed by atoms with van der Waals surface area (Å²) in [7, 11) is 1.42. The molecular weight excluding hydrogens is 220 g/mol. The van der Waals surface area contributed by atoms with Gasteiger partial charge in [-0.2, -0.15) is 0 Å². The van der Waals surface area contributed by atoms with Crippen LogP contribution in [0.2, 0.25) is 0 Å². The second-order valence-electron chi connectivity index (χ2n) is 4.79. The number of esters is 1. The summed E-state index contributed by atoms with van der Waals surface area (Å²) in [6, 6.07) is 0. The van der Waals surface area contributed by atoms with E-state index >= 15 is 0 Å². The molecule has 1 heterocycles. The van der Waals surface area contributed by atoms with Gasteiger partial charge in [-0.05, 0) is 19.3 Å². The third-order valence-corrected chi connectivity index (χ3v) is 3.74. The Kier molecular flexibility index (Phi) is 3.31. The third kappa shape index (κ3) is 1.90. The number of rotatable bonds is 6. The van der Waals surface area contributed by atoms with Gasteiger partial charge in [0.05, 0.1) is 7.11 Å². The topological polar surface area (TPSA) is 44.8 Å². The molecule has 0 amide bonds. The summed E-state index contributed by atoms with van der Waals surface area (Å²) in [5, 5.41) is 0. The Balaban J connectivity index is 2.09. The molecule has 1 fully saturated rings. The summed E-state index contributed by atoms with van der Waals surface area (Å²) in [5.74, 6) is -1.02. The largest absolute Gasteiger partial charge is 0.468 e. The van der Waals surface area contributed by atoms with E-state index in [-0.39, 0.29) is 5.97 Å². The van der Waals surface area contributed by atoms with Crippen LogP contribution in [0.25, 0.3) is 0 Å². The van der Waals surface area contributed by atoms with Crippen molar-refractivity contribution in [2.75, 3.05) is 7.11 Å². The highest BCUT2D eigenvalue weighted by Crippen LogP contribution is 2.60. The summed E-state index contributed by atoms with van der Waals surface area (Å²) < 4.78 is 16.2. The number of hydrogen-bond donors (Lipinski definition) is 0. The second kappa shape index (κ2) is 4.59. The monoisotopic (exact) mass is 240 g/mol. The Morgan fingerprint density at radius 1 is 1.29 bits per heavy atom. The van der Waals surface area contributed by atoms with E-state index in [9.17, 15) is 4.79 Å². The Bertz CT molecular complexity index is 309. The Morgan fingerprint density at radius 2 is 1.94 bits per heavy atom. The molecular formula is C13H20O4. The van der Waals surface area contributed by atoms with Crippen LogP contribution in [0.5, 0.6) is 0 Å². The highest BCUT2D eigenvalue weighted by atomic mass is 16.7. The van der Waals surface area contributed by atoms with Gasteiger partial charge in [0.1, 0.15) is 17.9 Å². The van der Waals surface area contributed by atoms with E-state index < -0.39 is 11.2 Å². The van der Waals surface area contributed by atoms with Crippen molar-refractivity contribution in [3.8, 4) is 0 Å². The molecule has 96 valence electrons. The SMILES string of the molecule is CCCCCC1(C2(C(=O)OC)CC2)OC=CO1. The van der Waals surface area contributed by atoms with E-state index in [1.807, 2.05) is 0 Å². The predicted octanol–water partition coefficient (Wildman–Crippen LogP) is 2.73. The molecule has 17 heavy (non-hydrogen) atoms. The smallest absolute Gasteiger partial charge is 0.319 e. The molecule has 0 N–H and O–H groups in total. The highest BCUT2D eigenvalue weighted by Gasteiger charge is 2.69. The molecule has 0 atom stereocenters. The van der Waals surface area contributed by atoms with Crippen molar-refractivity contribution in [3.63, 3.8) is 0 Å². The average molecular weight is 240 g/mol. The van der Waals surface area contributed by atoms with Gasteiger partial charge in [-0.15, -0.1) is 0 Å². The van der Waals surface area contributed by atoms with Gasteiger partial charge in [-0.25, -0.2) is 0 Å². The maximum Gasteiger partial charge on any atom is 0.319 e. The van der Waals surface area contributed by atoms with Gasteiger partial charge in [-0.3, -0.25) is 4.79 Å². The number of carbonyl (C=O) groups is 1. The van der Waals surface area contributed by atoms with Gasteiger partial charge in [-0.1, -0.05) is 19.8 Å². The standard InChI is InChI=1S/C13H20O4/c1-3-4-5-6-13(16-9-10-17-13)12(7-8-12)11(14)15-2/h9-10H,3-8H2,1-2H3. The van der Waals surface area contributed by atoms with Crippen molar-refractivity contribution in [1.82, 2.24) is 0 Å². The van der Waals surface area contributed by atoms with Crippen LogP contribution in [-0.4, -0.2) is 18.9 Å². The summed E-state index contributed by atoms with van der Waals surface area (Å²) in [4.78, 5) is 11.9. The van der Waals surface area contributed by atoms with Gasteiger partial charge in [0.25, 0.3) is 5.79 Å². The van der Waals surface area contributed by atoms with Crippen LogP contribution in [-0.2, 0) is 19.0 Å². The van der Waals surface area contributed by atoms with Crippen LogP contribution in [0.15, 0.2) is 12.5 Å². The molecule has 0 unspecified atom stereocenters. The lowest BCUT2D eigenvalue weighted by atomic mass is 9.90. The molecule has 0 aromatic rings. The van der Waals surface area contributed by atoms with Gasteiger partial charge in [0.2, 0.25) is 0 Å². The fraction of sp³-hybridized carbons (Fsp3) is 0.769. The minimum Gasteiger partial charge on any atom is -0.468 e. The lowest BCUT2D eigenvalue weighted by Gasteiger charge is -2.34. The summed E-state index contributed by atoms with van der Waals surface area (Å²) in [6.07, 6.45) is 8.63. The molecule has 0 radical (unpaired) electrons. The van der Waals surface area contributed by atoms with Crippen LogP contribution in [0.1, 0.15) is 45.4 Å². The van der Waals surface area contributed by atoms with Gasteiger partial charge in [0.15, 0.2) is 0 Å². The molecule has 0 bridgehead atoms. The zero-order valence-electron chi connectivity index (χ0n) is 10.5. The predicted molar refractivity (Wildman–Crippen MR) is 61.9 cm³/mol. The van der Waals surface area contributed by atoms with Crippen molar-refractivity contribution >= 4 is 5.97 Å². The first-order chi connectivity index (χ1) is 8.21. The number of methoxy groups -OCH3 is 1. The lowest BCUT2D eigenvalue weighted by molar-refractivity contribution is -0.212. The first-order valence-corrected chi connectivity index (χ1v) is 6.30. The van der Waals surface area contributed by atoms with Crippen LogP contribution < -0.4 is 0 Å². The van der Waals surface area contributed by atoms with Gasteiger partial charge in [0, 0.05) is 6.42 Å². The van der Waals surface area contributed by atoms with E-state index in [4.69, 9.17) is 14.2 Å². The van der Waals surface area contributed by atoms with Crippen molar-refractivity contribution in [2.24, 2.45) is 5.41 Å². The second-order valence-corrected chi connectivity index (χ2v) is 4.79. The molecule has 2 rings (SSSR count). The van der Waals surface area contributed by atoms with Gasteiger partial charge < -0.3 is 14.2 Å². The lowest BCUT2D eigenvalue weighted by Crippen LogP contribution is -2.46. The Hall–Kier alpha value is -1.19. The van der Waals surface area contributed by atoms with Crippen LogP contribution in [0.3, 0.4) is 0 Å². The van der Waals surface area contributed by atoms with Crippen molar-refractivity contribution in [1.29, 1.82) is 0 Å². The summed E-state index contributed by atoms with van der Waals surface area (Å²) in [5.41, 5.74) is -0.584. The first-order valence-electron chi connectivity index (χ1n) is 6.30. The molecule has 0 aromatic carbocycles. The third-order valence-electron chi connectivity index (χ3n) is 3.74. The minimum atomic E-state index is -0.810. The number of carbonyl (C=O) groups excluding carboxylic acids is 1. The highest BCUT2D eigenvalue weighted by molar-refractivity contribution is 5.81. The first kappa shape index (κ1) is 12.3. The van der Waals surface area contributed by atoms with E-state index in [1.54, 1.807) is 0 Å². The molecule has 0 spiro atoms.